The average molecular weight is 216 g/mol. The van der Waals surface area contributed by atoms with E-state index in [0.29, 0.717) is 5.16 Å². The van der Waals surface area contributed by atoms with Crippen molar-refractivity contribution in [3.63, 3.8) is 0 Å². The van der Waals surface area contributed by atoms with Crippen LogP contribution in [0.1, 0.15) is 6.92 Å². The summed E-state index contributed by atoms with van der Waals surface area (Å²) in [6, 6.07) is 0. The van der Waals surface area contributed by atoms with Gasteiger partial charge in [0.05, 0.1) is 0 Å². The molecule has 0 radical (unpaired) electrons. The van der Waals surface area contributed by atoms with Gasteiger partial charge >= 0.3 is 5.97 Å². The summed E-state index contributed by atoms with van der Waals surface area (Å²) in [5.74, 6) is -1.15. The summed E-state index contributed by atoms with van der Waals surface area (Å²) in [6.07, 6.45) is 3.38. The maximum Gasteiger partial charge on any atom is 0.336 e. The Morgan fingerprint density at radius 1 is 1.79 bits per heavy atom. The summed E-state index contributed by atoms with van der Waals surface area (Å²) in [5.41, 5.74) is -1.71. The van der Waals surface area contributed by atoms with Crippen LogP contribution in [0.25, 0.3) is 0 Å². The molecule has 1 unspecified atom stereocenters. The van der Waals surface area contributed by atoms with Crippen LogP contribution in [0.5, 0.6) is 0 Å². The standard InChI is InChI=1S/C8H12N2O3S/c1-8(13,6(11)12)5-14-7-9-3-4-10(7)2/h3-4,13H,5H2,1-2H3,(H,11,12). The van der Waals surface area contributed by atoms with Gasteiger partial charge in [-0.1, -0.05) is 11.8 Å². The van der Waals surface area contributed by atoms with Gasteiger partial charge in [-0.15, -0.1) is 0 Å². The molecule has 1 aromatic rings. The highest BCUT2D eigenvalue weighted by molar-refractivity contribution is 7.99. The van der Waals surface area contributed by atoms with E-state index in [-0.39, 0.29) is 5.75 Å². The van der Waals surface area contributed by atoms with Gasteiger partial charge in [0.2, 0.25) is 0 Å². The lowest BCUT2D eigenvalue weighted by atomic mass is 10.1. The van der Waals surface area contributed by atoms with Gasteiger partial charge in [0, 0.05) is 25.2 Å². The quantitative estimate of drug-likeness (QED) is 0.710. The molecule has 1 rings (SSSR count). The van der Waals surface area contributed by atoms with Crippen LogP contribution in [0.15, 0.2) is 17.6 Å². The van der Waals surface area contributed by atoms with Gasteiger partial charge in [0.25, 0.3) is 0 Å². The largest absolute Gasteiger partial charge is 0.479 e. The number of carboxylic acids is 1. The summed E-state index contributed by atoms with van der Waals surface area (Å²) in [4.78, 5) is 14.6. The molecule has 0 aromatic carbocycles. The average Bonchev–Trinajstić information content (AvgIpc) is 2.47. The molecule has 0 amide bonds. The van der Waals surface area contributed by atoms with E-state index in [4.69, 9.17) is 5.11 Å². The Morgan fingerprint density at radius 2 is 2.43 bits per heavy atom. The smallest absolute Gasteiger partial charge is 0.336 e. The first kappa shape index (κ1) is 11.1. The van der Waals surface area contributed by atoms with E-state index in [1.807, 2.05) is 7.05 Å². The van der Waals surface area contributed by atoms with E-state index in [0.717, 1.165) is 0 Å². The van der Waals surface area contributed by atoms with Crippen molar-refractivity contribution in [3.8, 4) is 0 Å². The summed E-state index contributed by atoms with van der Waals surface area (Å²) in [6.45, 7) is 1.27. The van der Waals surface area contributed by atoms with Gasteiger partial charge in [0.1, 0.15) is 0 Å². The number of hydrogen-bond donors (Lipinski definition) is 2. The second-order valence-corrected chi connectivity index (χ2v) is 4.13. The fourth-order valence-corrected chi connectivity index (χ4v) is 1.69. The lowest BCUT2D eigenvalue weighted by Crippen LogP contribution is -2.37. The Balaban J connectivity index is 2.57. The van der Waals surface area contributed by atoms with E-state index in [1.165, 1.54) is 18.7 Å². The number of hydrogen-bond acceptors (Lipinski definition) is 4. The van der Waals surface area contributed by atoms with Crippen molar-refractivity contribution in [2.75, 3.05) is 5.75 Å². The second kappa shape index (κ2) is 4.02. The van der Waals surface area contributed by atoms with Crippen LogP contribution in [-0.4, -0.2) is 37.1 Å². The van der Waals surface area contributed by atoms with Crippen molar-refractivity contribution < 1.29 is 15.0 Å². The van der Waals surface area contributed by atoms with Crippen molar-refractivity contribution >= 4 is 17.7 Å². The molecule has 5 nitrogen and oxygen atoms in total. The van der Waals surface area contributed by atoms with Crippen molar-refractivity contribution in [2.24, 2.45) is 7.05 Å². The molecule has 0 aliphatic heterocycles. The fourth-order valence-electron chi connectivity index (χ4n) is 0.758. The van der Waals surface area contributed by atoms with Crippen LogP contribution >= 0.6 is 11.8 Å². The fraction of sp³-hybridized carbons (Fsp3) is 0.500. The third kappa shape index (κ3) is 2.49. The SMILES string of the molecule is Cn1ccnc1SCC(C)(O)C(=O)O. The zero-order valence-electron chi connectivity index (χ0n) is 7.97. The molecule has 6 heteroatoms. The number of carbonyl (C=O) groups is 1. The van der Waals surface area contributed by atoms with Crippen LogP contribution < -0.4 is 0 Å². The van der Waals surface area contributed by atoms with Crippen molar-refractivity contribution in [1.29, 1.82) is 0 Å². The minimum absolute atomic E-state index is 0.0766. The third-order valence-electron chi connectivity index (χ3n) is 1.72. The topological polar surface area (TPSA) is 75.3 Å². The predicted molar refractivity (Wildman–Crippen MR) is 52.2 cm³/mol. The normalized spacial score (nSPS) is 15.1. The molecular formula is C8H12N2O3S. The zero-order chi connectivity index (χ0) is 10.8. The molecular weight excluding hydrogens is 204 g/mol. The first-order chi connectivity index (χ1) is 6.43. The number of aryl methyl sites for hydroxylation is 1. The predicted octanol–water partition coefficient (Wildman–Crippen LogP) is 0.348. The number of aliphatic hydroxyl groups is 1. The minimum Gasteiger partial charge on any atom is -0.479 e. The molecule has 0 saturated heterocycles. The molecule has 1 heterocycles. The van der Waals surface area contributed by atoms with Crippen molar-refractivity contribution in [2.45, 2.75) is 17.7 Å². The summed E-state index contributed by atoms with van der Waals surface area (Å²) < 4.78 is 1.77. The highest BCUT2D eigenvalue weighted by atomic mass is 32.2. The lowest BCUT2D eigenvalue weighted by molar-refractivity contribution is -0.154. The maximum atomic E-state index is 10.6. The number of rotatable bonds is 4. The van der Waals surface area contributed by atoms with Crippen molar-refractivity contribution in [1.82, 2.24) is 9.55 Å². The maximum absolute atomic E-state index is 10.6. The van der Waals surface area contributed by atoms with E-state index >= 15 is 0 Å². The molecule has 14 heavy (non-hydrogen) atoms. The zero-order valence-corrected chi connectivity index (χ0v) is 8.78. The molecule has 1 atom stereocenters. The molecule has 0 saturated carbocycles. The van der Waals surface area contributed by atoms with Gasteiger partial charge in [0.15, 0.2) is 10.8 Å². The summed E-state index contributed by atoms with van der Waals surface area (Å²) in [7, 11) is 1.81. The highest BCUT2D eigenvalue weighted by Crippen LogP contribution is 2.20. The Morgan fingerprint density at radius 3 is 2.86 bits per heavy atom. The molecule has 78 valence electrons. The number of aromatic nitrogens is 2. The molecule has 2 N–H and O–H groups in total. The van der Waals surface area contributed by atoms with E-state index in [2.05, 4.69) is 4.98 Å². The monoisotopic (exact) mass is 216 g/mol. The first-order valence-corrected chi connectivity index (χ1v) is 4.98. The number of carboxylic acid groups (broad SMARTS) is 1. The molecule has 1 aromatic heterocycles. The minimum atomic E-state index is -1.71. The van der Waals surface area contributed by atoms with Crippen LogP contribution in [-0.2, 0) is 11.8 Å². The van der Waals surface area contributed by atoms with Crippen molar-refractivity contribution in [3.05, 3.63) is 12.4 Å². The van der Waals surface area contributed by atoms with Gasteiger partial charge < -0.3 is 14.8 Å². The molecule has 0 fully saturated rings. The van der Waals surface area contributed by atoms with Gasteiger partial charge in [-0.2, -0.15) is 0 Å². The Kier molecular flexibility index (Phi) is 3.17. The molecule has 0 aliphatic carbocycles. The lowest BCUT2D eigenvalue weighted by Gasteiger charge is -2.16. The molecule has 0 bridgehead atoms. The third-order valence-corrected chi connectivity index (χ3v) is 3.08. The van der Waals surface area contributed by atoms with Gasteiger partial charge in [-0.3, -0.25) is 0 Å². The Labute approximate surface area is 85.8 Å². The van der Waals surface area contributed by atoms with Crippen LogP contribution in [0.4, 0.5) is 0 Å². The summed E-state index contributed by atoms with van der Waals surface area (Å²) in [5, 5.41) is 18.8. The van der Waals surface area contributed by atoms with Gasteiger partial charge in [-0.25, -0.2) is 9.78 Å². The van der Waals surface area contributed by atoms with Crippen LogP contribution in [0, 0.1) is 0 Å². The van der Waals surface area contributed by atoms with Crippen LogP contribution in [0.2, 0.25) is 0 Å². The second-order valence-electron chi connectivity index (χ2n) is 3.19. The Hall–Kier alpha value is -1.01. The first-order valence-electron chi connectivity index (χ1n) is 3.99. The number of thioether (sulfide) groups is 1. The highest BCUT2D eigenvalue weighted by Gasteiger charge is 2.30. The number of aliphatic carboxylic acids is 1. The Bertz CT molecular complexity index is 335. The molecule has 0 aliphatic rings. The number of imidazole rings is 1. The van der Waals surface area contributed by atoms with E-state index < -0.39 is 11.6 Å². The van der Waals surface area contributed by atoms with E-state index in [9.17, 15) is 9.90 Å². The van der Waals surface area contributed by atoms with Crippen LogP contribution in [0.3, 0.4) is 0 Å². The van der Waals surface area contributed by atoms with Gasteiger partial charge in [-0.05, 0) is 6.92 Å². The molecule has 0 spiro atoms. The number of nitrogens with zero attached hydrogens (tertiary/aromatic N) is 2. The summed E-state index contributed by atoms with van der Waals surface area (Å²) >= 11 is 1.21. The van der Waals surface area contributed by atoms with E-state index in [1.54, 1.807) is 17.0 Å².